The number of halogens is 1. The van der Waals surface area contributed by atoms with Crippen molar-refractivity contribution in [2.75, 3.05) is 51.3 Å². The van der Waals surface area contributed by atoms with Gasteiger partial charge in [0.2, 0.25) is 10.0 Å². The van der Waals surface area contributed by atoms with Crippen LogP contribution < -0.4 is 5.32 Å². The molecular formula is C15H33IN4O2S2. The minimum absolute atomic E-state index is 0. The second kappa shape index (κ2) is 11.1. The summed E-state index contributed by atoms with van der Waals surface area (Å²) < 4.78 is 25.1. The predicted octanol–water partition coefficient (Wildman–Crippen LogP) is 2.07. The standard InChI is InChI=1S/C15H32N4O2S2.HI/c1-6-16-14(19-11-12-22-15(3,4)13-19)17-9-8-10-18(5)23(20,21)7-2;/h6-13H2,1-5H3,(H,16,17);1H. The van der Waals surface area contributed by atoms with Gasteiger partial charge in [0.05, 0.1) is 5.75 Å². The fraction of sp³-hybridized carbons (Fsp3) is 0.933. The lowest BCUT2D eigenvalue weighted by Gasteiger charge is -2.39. The maximum atomic E-state index is 11.7. The van der Waals surface area contributed by atoms with E-state index in [9.17, 15) is 8.42 Å². The van der Waals surface area contributed by atoms with Gasteiger partial charge in [0.25, 0.3) is 0 Å². The van der Waals surface area contributed by atoms with Crippen molar-refractivity contribution < 1.29 is 8.42 Å². The fourth-order valence-electron chi connectivity index (χ4n) is 2.46. The summed E-state index contributed by atoms with van der Waals surface area (Å²) in [5.74, 6) is 2.20. The van der Waals surface area contributed by atoms with E-state index in [4.69, 9.17) is 0 Å². The van der Waals surface area contributed by atoms with E-state index in [2.05, 4.69) is 36.0 Å². The molecule has 0 atom stereocenters. The first-order chi connectivity index (χ1) is 10.7. The van der Waals surface area contributed by atoms with Crippen LogP contribution in [0.25, 0.3) is 0 Å². The summed E-state index contributed by atoms with van der Waals surface area (Å²) in [5.41, 5.74) is 0. The maximum absolute atomic E-state index is 11.7. The molecule has 1 heterocycles. The molecule has 1 saturated heterocycles. The summed E-state index contributed by atoms with van der Waals surface area (Å²) >= 11 is 2.00. The Hall–Kier alpha value is 0.260. The highest BCUT2D eigenvalue weighted by molar-refractivity contribution is 14.0. The van der Waals surface area contributed by atoms with E-state index < -0.39 is 10.0 Å². The number of hydrogen-bond donors (Lipinski definition) is 1. The number of nitrogens with one attached hydrogen (secondary N) is 1. The highest BCUT2D eigenvalue weighted by atomic mass is 127. The van der Waals surface area contributed by atoms with Crippen LogP contribution in [0.2, 0.25) is 0 Å². The topological polar surface area (TPSA) is 65.0 Å². The van der Waals surface area contributed by atoms with Gasteiger partial charge in [0.15, 0.2) is 5.96 Å². The van der Waals surface area contributed by atoms with Crippen molar-refractivity contribution in [3.63, 3.8) is 0 Å². The van der Waals surface area contributed by atoms with E-state index in [1.807, 2.05) is 11.8 Å². The molecule has 0 spiro atoms. The van der Waals surface area contributed by atoms with Crippen molar-refractivity contribution in [2.45, 2.75) is 38.9 Å². The number of aliphatic imine (C=N–C) groups is 1. The molecule has 0 aromatic carbocycles. The van der Waals surface area contributed by atoms with Gasteiger partial charge < -0.3 is 10.2 Å². The van der Waals surface area contributed by atoms with E-state index in [1.54, 1.807) is 14.0 Å². The molecule has 24 heavy (non-hydrogen) atoms. The Morgan fingerprint density at radius 3 is 2.58 bits per heavy atom. The first-order valence-electron chi connectivity index (χ1n) is 8.33. The molecule has 144 valence electrons. The Kier molecular flexibility index (Phi) is 11.2. The normalized spacial score (nSPS) is 18.4. The molecule has 0 unspecified atom stereocenters. The van der Waals surface area contributed by atoms with Gasteiger partial charge in [-0.1, -0.05) is 0 Å². The quantitative estimate of drug-likeness (QED) is 0.255. The van der Waals surface area contributed by atoms with Crippen molar-refractivity contribution in [2.24, 2.45) is 4.99 Å². The molecule has 0 saturated carbocycles. The minimum Gasteiger partial charge on any atom is -0.357 e. The molecule has 1 N–H and O–H groups in total. The first-order valence-corrected chi connectivity index (χ1v) is 10.9. The zero-order chi connectivity index (χ0) is 17.5. The zero-order valence-electron chi connectivity index (χ0n) is 15.5. The lowest BCUT2D eigenvalue weighted by molar-refractivity contribution is 0.375. The summed E-state index contributed by atoms with van der Waals surface area (Å²) in [7, 11) is -1.45. The zero-order valence-corrected chi connectivity index (χ0v) is 19.5. The molecule has 9 heteroatoms. The maximum Gasteiger partial charge on any atom is 0.213 e. The monoisotopic (exact) mass is 492 g/mol. The van der Waals surface area contributed by atoms with Crippen LogP contribution in [0.5, 0.6) is 0 Å². The largest absolute Gasteiger partial charge is 0.357 e. The molecule has 0 aliphatic carbocycles. The van der Waals surface area contributed by atoms with Gasteiger partial charge in [-0.25, -0.2) is 12.7 Å². The van der Waals surface area contributed by atoms with Crippen molar-refractivity contribution in [1.82, 2.24) is 14.5 Å². The van der Waals surface area contributed by atoms with Gasteiger partial charge in [-0.05, 0) is 34.1 Å². The van der Waals surface area contributed by atoms with Crippen LogP contribution in [0.1, 0.15) is 34.1 Å². The van der Waals surface area contributed by atoms with Crippen molar-refractivity contribution in [3.8, 4) is 0 Å². The van der Waals surface area contributed by atoms with E-state index in [1.165, 1.54) is 4.31 Å². The third-order valence-electron chi connectivity index (χ3n) is 3.79. The van der Waals surface area contributed by atoms with Crippen LogP contribution in [0.3, 0.4) is 0 Å². The smallest absolute Gasteiger partial charge is 0.213 e. The van der Waals surface area contributed by atoms with E-state index in [0.717, 1.165) is 37.8 Å². The summed E-state index contributed by atoms with van der Waals surface area (Å²) in [6.45, 7) is 12.2. The molecule has 1 aliphatic rings. The van der Waals surface area contributed by atoms with Gasteiger partial charge in [-0.15, -0.1) is 24.0 Å². The second-order valence-corrected chi connectivity index (χ2v) is 10.5. The molecule has 0 amide bonds. The highest BCUT2D eigenvalue weighted by Crippen LogP contribution is 2.29. The third-order valence-corrected chi connectivity index (χ3v) is 6.95. The molecule has 1 rings (SSSR count). The Morgan fingerprint density at radius 1 is 1.38 bits per heavy atom. The lowest BCUT2D eigenvalue weighted by atomic mass is 10.2. The summed E-state index contributed by atoms with van der Waals surface area (Å²) in [4.78, 5) is 7.00. The molecule has 6 nitrogen and oxygen atoms in total. The van der Waals surface area contributed by atoms with Gasteiger partial charge in [0, 0.05) is 50.3 Å². The first kappa shape index (κ1) is 24.3. The lowest BCUT2D eigenvalue weighted by Crippen LogP contribution is -2.51. The number of hydrogen-bond acceptors (Lipinski definition) is 4. The van der Waals surface area contributed by atoms with Gasteiger partial charge in [-0.3, -0.25) is 4.99 Å². The molecule has 0 radical (unpaired) electrons. The molecule has 0 bridgehead atoms. The Balaban J connectivity index is 0.00000529. The Bertz CT molecular complexity index is 498. The van der Waals surface area contributed by atoms with Crippen molar-refractivity contribution in [1.29, 1.82) is 0 Å². The van der Waals surface area contributed by atoms with Crippen LogP contribution >= 0.6 is 35.7 Å². The molecule has 1 fully saturated rings. The van der Waals surface area contributed by atoms with Crippen molar-refractivity contribution >= 4 is 51.7 Å². The molecule has 0 aromatic heterocycles. The number of rotatable bonds is 7. The highest BCUT2D eigenvalue weighted by Gasteiger charge is 2.28. The number of sulfonamides is 1. The van der Waals surface area contributed by atoms with Crippen LogP contribution in [-0.2, 0) is 10.0 Å². The van der Waals surface area contributed by atoms with Crippen molar-refractivity contribution in [3.05, 3.63) is 0 Å². The number of nitrogens with zero attached hydrogens (tertiary/aromatic N) is 3. The van der Waals surface area contributed by atoms with Gasteiger partial charge in [-0.2, -0.15) is 11.8 Å². The average Bonchev–Trinajstić information content (AvgIpc) is 2.49. The fourth-order valence-corrected chi connectivity index (χ4v) is 4.42. The van der Waals surface area contributed by atoms with Gasteiger partial charge in [0.1, 0.15) is 0 Å². The predicted molar refractivity (Wildman–Crippen MR) is 116 cm³/mol. The SMILES string of the molecule is CCNC(=NCCCN(C)S(=O)(=O)CC)N1CCSC(C)(C)C1.I. The van der Waals surface area contributed by atoms with E-state index in [0.29, 0.717) is 13.1 Å². The summed E-state index contributed by atoms with van der Waals surface area (Å²) in [6, 6.07) is 0. The average molecular weight is 492 g/mol. The van der Waals surface area contributed by atoms with Crippen LogP contribution in [0.15, 0.2) is 4.99 Å². The van der Waals surface area contributed by atoms with Crippen LogP contribution in [0.4, 0.5) is 0 Å². The van der Waals surface area contributed by atoms with Crippen LogP contribution in [-0.4, -0.2) is 79.6 Å². The number of guanidine groups is 1. The third kappa shape index (κ3) is 8.09. The molecule has 1 aliphatic heterocycles. The van der Waals surface area contributed by atoms with Crippen LogP contribution in [0, 0.1) is 0 Å². The van der Waals surface area contributed by atoms with E-state index >= 15 is 0 Å². The Labute approximate surface area is 169 Å². The van der Waals surface area contributed by atoms with Gasteiger partial charge >= 0.3 is 0 Å². The number of thioether (sulfide) groups is 1. The molecular weight excluding hydrogens is 459 g/mol. The second-order valence-electron chi connectivity index (χ2n) is 6.34. The van der Waals surface area contributed by atoms with E-state index in [-0.39, 0.29) is 34.5 Å². The minimum atomic E-state index is -3.09. The summed E-state index contributed by atoms with van der Waals surface area (Å²) in [5, 5.41) is 3.35. The molecule has 0 aromatic rings. The Morgan fingerprint density at radius 2 is 2.04 bits per heavy atom. The summed E-state index contributed by atoms with van der Waals surface area (Å²) in [6.07, 6.45) is 0.733.